The Kier molecular flexibility index (Phi) is 4.36. The Morgan fingerprint density at radius 2 is 1.67 bits per heavy atom. The van der Waals surface area contributed by atoms with Crippen LogP contribution in [0, 0.1) is 11.3 Å². The Balaban J connectivity index is 2.46. The van der Waals surface area contributed by atoms with Gasteiger partial charge in [0, 0.05) is 0 Å². The van der Waals surface area contributed by atoms with Crippen LogP contribution in [0.3, 0.4) is 0 Å². The number of sulfone groups is 1. The Bertz CT molecular complexity index is 793. The van der Waals surface area contributed by atoms with Gasteiger partial charge in [0.15, 0.2) is 0 Å². The summed E-state index contributed by atoms with van der Waals surface area (Å²) in [5.41, 5.74) is 0.168. The highest BCUT2D eigenvalue weighted by Gasteiger charge is 2.21. The third kappa shape index (κ3) is 3.27. The number of rotatable bonds is 4. The van der Waals surface area contributed by atoms with Crippen molar-refractivity contribution in [1.82, 2.24) is 0 Å². The van der Waals surface area contributed by atoms with Gasteiger partial charge in [-0.15, -0.1) is 0 Å². The molecule has 0 radical (unpaired) electrons. The van der Waals surface area contributed by atoms with Crippen molar-refractivity contribution in [3.63, 3.8) is 0 Å². The van der Waals surface area contributed by atoms with E-state index in [0.29, 0.717) is 0 Å². The second-order valence-corrected chi connectivity index (χ2v) is 6.11. The summed E-state index contributed by atoms with van der Waals surface area (Å²) in [6.45, 7) is 0. The molecule has 106 valence electrons. The molecular weight excluding hydrogens is 288 g/mol. The molecule has 1 N–H and O–H groups in total. The van der Waals surface area contributed by atoms with Crippen LogP contribution in [-0.4, -0.2) is 14.3 Å². The Hall–Kier alpha value is -2.65. The van der Waals surface area contributed by atoms with Gasteiger partial charge in [-0.25, -0.2) is 8.42 Å². The first-order valence-corrected chi connectivity index (χ1v) is 7.60. The van der Waals surface area contributed by atoms with Gasteiger partial charge in [-0.2, -0.15) is 5.26 Å². The van der Waals surface area contributed by atoms with Gasteiger partial charge < -0.3 is 5.32 Å². The van der Waals surface area contributed by atoms with E-state index in [1.165, 1.54) is 24.3 Å². The minimum absolute atomic E-state index is 0.00231. The van der Waals surface area contributed by atoms with Crippen molar-refractivity contribution in [2.75, 3.05) is 5.32 Å². The number of carbonyl (C=O) groups excluding carboxylic acids is 1. The van der Waals surface area contributed by atoms with Gasteiger partial charge in [0.1, 0.15) is 6.42 Å². The Morgan fingerprint density at radius 1 is 1.05 bits per heavy atom. The molecule has 0 aliphatic carbocycles. The second-order valence-electron chi connectivity index (χ2n) is 4.20. The number of nitriles is 1. The van der Waals surface area contributed by atoms with E-state index in [-0.39, 0.29) is 21.9 Å². The number of para-hydroxylation sites is 1. The molecule has 0 saturated carbocycles. The van der Waals surface area contributed by atoms with Gasteiger partial charge in [0.25, 0.3) is 0 Å². The number of carbonyl (C=O) groups is 1. The first-order valence-electron chi connectivity index (χ1n) is 6.11. The zero-order valence-corrected chi connectivity index (χ0v) is 11.8. The van der Waals surface area contributed by atoms with Crippen LogP contribution in [0.1, 0.15) is 6.42 Å². The summed E-state index contributed by atoms with van der Waals surface area (Å²) in [5.74, 6) is -0.548. The predicted octanol–water partition coefficient (Wildman–Crippen LogP) is 2.37. The summed E-state index contributed by atoms with van der Waals surface area (Å²) < 4.78 is 25.2. The molecule has 0 aliphatic heterocycles. The smallest absolute Gasteiger partial charge is 0.238 e. The number of nitrogens with one attached hydrogen (secondary N) is 1. The molecule has 0 fully saturated rings. The van der Waals surface area contributed by atoms with Crippen molar-refractivity contribution in [2.24, 2.45) is 0 Å². The van der Waals surface area contributed by atoms with Crippen LogP contribution in [0.4, 0.5) is 5.69 Å². The summed E-state index contributed by atoms with van der Waals surface area (Å²) >= 11 is 0. The van der Waals surface area contributed by atoms with Crippen LogP contribution in [0.15, 0.2) is 64.4 Å². The molecule has 0 saturated heterocycles. The van der Waals surface area contributed by atoms with E-state index >= 15 is 0 Å². The van der Waals surface area contributed by atoms with E-state index in [1.54, 1.807) is 36.4 Å². The summed E-state index contributed by atoms with van der Waals surface area (Å²) in [7, 11) is -3.73. The number of benzene rings is 2. The average Bonchev–Trinajstić information content (AvgIpc) is 2.49. The lowest BCUT2D eigenvalue weighted by atomic mass is 10.3. The second kappa shape index (κ2) is 6.20. The normalized spacial score (nSPS) is 10.6. The van der Waals surface area contributed by atoms with Gasteiger partial charge in [0.05, 0.1) is 21.5 Å². The average molecular weight is 300 g/mol. The van der Waals surface area contributed by atoms with Crippen molar-refractivity contribution in [3.8, 4) is 6.07 Å². The van der Waals surface area contributed by atoms with Crippen LogP contribution in [0.25, 0.3) is 0 Å². The van der Waals surface area contributed by atoms with Gasteiger partial charge in [0.2, 0.25) is 15.7 Å². The van der Waals surface area contributed by atoms with Crippen LogP contribution < -0.4 is 5.32 Å². The Morgan fingerprint density at radius 3 is 2.33 bits per heavy atom. The maximum Gasteiger partial charge on any atom is 0.238 e. The van der Waals surface area contributed by atoms with E-state index in [9.17, 15) is 13.2 Å². The molecular formula is C15H12N2O3S. The lowest BCUT2D eigenvalue weighted by Crippen LogP contribution is -2.14. The van der Waals surface area contributed by atoms with Gasteiger partial charge in [-0.1, -0.05) is 30.3 Å². The van der Waals surface area contributed by atoms with Crippen LogP contribution >= 0.6 is 0 Å². The van der Waals surface area contributed by atoms with E-state index in [4.69, 9.17) is 5.26 Å². The van der Waals surface area contributed by atoms with E-state index in [1.807, 2.05) is 0 Å². The monoisotopic (exact) mass is 300 g/mol. The third-order valence-corrected chi connectivity index (χ3v) is 4.57. The fraction of sp³-hybridized carbons (Fsp3) is 0.0667. The topological polar surface area (TPSA) is 87.0 Å². The summed E-state index contributed by atoms with van der Waals surface area (Å²) in [5, 5.41) is 10.9. The molecule has 0 aromatic heterocycles. The molecule has 2 aromatic carbocycles. The maximum atomic E-state index is 12.6. The summed E-state index contributed by atoms with van der Waals surface area (Å²) in [6, 6.07) is 15.8. The quantitative estimate of drug-likeness (QED) is 0.939. The molecule has 1 amide bonds. The van der Waals surface area contributed by atoms with Gasteiger partial charge >= 0.3 is 0 Å². The molecule has 0 aliphatic rings. The van der Waals surface area contributed by atoms with Crippen molar-refractivity contribution in [3.05, 3.63) is 54.6 Å². The number of nitrogens with zero attached hydrogens (tertiary/aromatic N) is 1. The van der Waals surface area contributed by atoms with E-state index < -0.39 is 15.7 Å². The molecule has 0 atom stereocenters. The van der Waals surface area contributed by atoms with Crippen LogP contribution in [0.2, 0.25) is 0 Å². The summed E-state index contributed by atoms with van der Waals surface area (Å²) in [4.78, 5) is 11.6. The zero-order valence-electron chi connectivity index (χ0n) is 11.0. The van der Waals surface area contributed by atoms with Crippen molar-refractivity contribution >= 4 is 21.4 Å². The number of hydrogen-bond acceptors (Lipinski definition) is 4. The SMILES string of the molecule is N#CCC(=O)Nc1ccccc1S(=O)(=O)c1ccccc1. The highest BCUT2D eigenvalue weighted by atomic mass is 32.2. The highest BCUT2D eigenvalue weighted by Crippen LogP contribution is 2.27. The first kappa shape index (κ1) is 14.8. The first-order chi connectivity index (χ1) is 10.1. The van der Waals surface area contributed by atoms with E-state index in [2.05, 4.69) is 5.32 Å². The largest absolute Gasteiger partial charge is 0.324 e. The Labute approximate surface area is 122 Å². The molecule has 21 heavy (non-hydrogen) atoms. The highest BCUT2D eigenvalue weighted by molar-refractivity contribution is 7.91. The maximum absolute atomic E-state index is 12.6. The van der Waals surface area contributed by atoms with Gasteiger partial charge in [-0.05, 0) is 24.3 Å². The van der Waals surface area contributed by atoms with Crippen LogP contribution in [-0.2, 0) is 14.6 Å². The number of hydrogen-bond donors (Lipinski definition) is 1. The fourth-order valence-corrected chi connectivity index (χ4v) is 3.23. The molecule has 0 bridgehead atoms. The molecule has 6 heteroatoms. The van der Waals surface area contributed by atoms with Crippen LogP contribution in [0.5, 0.6) is 0 Å². The molecule has 2 aromatic rings. The van der Waals surface area contributed by atoms with Crippen molar-refractivity contribution in [2.45, 2.75) is 16.2 Å². The number of amides is 1. The summed E-state index contributed by atoms with van der Waals surface area (Å²) in [6.07, 6.45) is -0.334. The van der Waals surface area contributed by atoms with Gasteiger partial charge in [-0.3, -0.25) is 4.79 Å². The van der Waals surface area contributed by atoms with Crippen molar-refractivity contribution < 1.29 is 13.2 Å². The van der Waals surface area contributed by atoms with Crippen molar-refractivity contribution in [1.29, 1.82) is 5.26 Å². The predicted molar refractivity (Wildman–Crippen MR) is 77.2 cm³/mol. The molecule has 0 unspecified atom stereocenters. The van der Waals surface area contributed by atoms with E-state index in [0.717, 1.165) is 0 Å². The third-order valence-electron chi connectivity index (χ3n) is 2.74. The molecule has 0 spiro atoms. The lowest BCUT2D eigenvalue weighted by molar-refractivity contribution is -0.115. The zero-order chi connectivity index (χ0) is 15.3. The minimum atomic E-state index is -3.73. The molecule has 2 rings (SSSR count). The standard InChI is InChI=1S/C15H12N2O3S/c16-11-10-15(18)17-13-8-4-5-9-14(13)21(19,20)12-6-2-1-3-7-12/h1-9H,10H2,(H,17,18). The molecule has 0 heterocycles. The lowest BCUT2D eigenvalue weighted by Gasteiger charge is -2.11. The molecule has 5 nitrogen and oxygen atoms in total. The number of anilines is 1. The fourth-order valence-electron chi connectivity index (χ4n) is 1.80. The minimum Gasteiger partial charge on any atom is -0.324 e.